The Morgan fingerprint density at radius 3 is 2.85 bits per heavy atom. The van der Waals surface area contributed by atoms with Crippen molar-refractivity contribution >= 4 is 11.7 Å². The Labute approximate surface area is 158 Å². The fourth-order valence-electron chi connectivity index (χ4n) is 7.52. The lowest BCUT2D eigenvalue weighted by molar-refractivity contribution is -0.944. The van der Waals surface area contributed by atoms with Gasteiger partial charge in [0.15, 0.2) is 0 Å². The lowest BCUT2D eigenvalue weighted by atomic mass is 9.45. The molecule has 2 unspecified atom stereocenters. The number of nitrogens with zero attached hydrogens (tertiary/aromatic N) is 1. The Balaban J connectivity index is 1.97. The fraction of sp³-hybridized carbons (Fsp3) is 0.571. The summed E-state index contributed by atoms with van der Waals surface area (Å²) in [6, 6.07) is 7.74. The number of hydrogen-bond donors (Lipinski definition) is 3. The number of hydrogen-bond acceptors (Lipinski definition) is 5. The molecule has 1 aromatic rings. The zero-order valence-electron chi connectivity index (χ0n) is 15.7. The van der Waals surface area contributed by atoms with E-state index >= 15 is 0 Å². The van der Waals surface area contributed by atoms with E-state index in [0.29, 0.717) is 23.9 Å². The van der Waals surface area contributed by atoms with Gasteiger partial charge in [0.05, 0.1) is 37.0 Å². The molecule has 144 valence electrons. The minimum atomic E-state index is -1.47. The number of benzene rings is 1. The van der Waals surface area contributed by atoms with Gasteiger partial charge < -0.3 is 25.4 Å². The third-order valence-electron chi connectivity index (χ3n) is 8.46. The van der Waals surface area contributed by atoms with E-state index in [1.807, 2.05) is 37.3 Å². The number of carboxylic acids is 1. The van der Waals surface area contributed by atoms with Gasteiger partial charge in [-0.3, -0.25) is 4.48 Å². The Morgan fingerprint density at radius 1 is 1.44 bits per heavy atom. The average Bonchev–Trinajstić information content (AvgIpc) is 3.06. The van der Waals surface area contributed by atoms with Crippen molar-refractivity contribution in [3.8, 4) is 0 Å². The summed E-state index contributed by atoms with van der Waals surface area (Å²) in [6.45, 7) is 2.82. The normalized spacial score (nSPS) is 48.1. The number of aliphatic hydroxyl groups excluding tert-OH is 2. The molecule has 5 aliphatic rings. The maximum absolute atomic E-state index is 12.8. The molecule has 0 aromatic heterocycles. The van der Waals surface area contributed by atoms with Crippen molar-refractivity contribution < 1.29 is 24.6 Å². The molecule has 4 heterocycles. The van der Waals surface area contributed by atoms with Crippen LogP contribution in [0.25, 0.3) is 0 Å². The van der Waals surface area contributed by atoms with E-state index in [9.17, 15) is 20.1 Å². The van der Waals surface area contributed by atoms with Crippen LogP contribution >= 0.6 is 0 Å². The number of rotatable bonds is 2. The molecule has 4 fully saturated rings. The minimum absolute atomic E-state index is 0.310. The van der Waals surface area contributed by atoms with E-state index < -0.39 is 41.1 Å². The second-order valence-electron chi connectivity index (χ2n) is 8.95. The second kappa shape index (κ2) is 4.93. The van der Waals surface area contributed by atoms with Gasteiger partial charge in [0.25, 0.3) is 0 Å². The van der Waals surface area contributed by atoms with Crippen LogP contribution in [0.4, 0.5) is 5.69 Å². The van der Waals surface area contributed by atoms with Crippen LogP contribution in [-0.2, 0) is 10.2 Å². The number of allylic oxidation sites excluding steroid dienone is 1. The van der Waals surface area contributed by atoms with Crippen molar-refractivity contribution in [3.05, 3.63) is 41.5 Å². The molecule has 1 saturated carbocycles. The maximum Gasteiger partial charge on any atom is 0.210 e. The van der Waals surface area contributed by atoms with Gasteiger partial charge in [-0.1, -0.05) is 24.3 Å². The first-order valence-corrected chi connectivity index (χ1v) is 9.72. The number of carbonyl (C=O) groups is 1. The van der Waals surface area contributed by atoms with Crippen LogP contribution in [0.15, 0.2) is 35.9 Å². The van der Waals surface area contributed by atoms with Gasteiger partial charge in [-0.25, -0.2) is 0 Å². The van der Waals surface area contributed by atoms with Gasteiger partial charge in [0, 0.05) is 18.0 Å². The molecule has 0 radical (unpaired) electrons. The topological polar surface area (TPSA) is 92.6 Å². The molecule has 1 aromatic carbocycles. The lowest BCUT2D eigenvalue weighted by Crippen LogP contribution is -2.79. The molecule has 4 bridgehead atoms. The molecule has 6 heteroatoms. The van der Waals surface area contributed by atoms with Crippen LogP contribution in [-0.4, -0.2) is 59.2 Å². The van der Waals surface area contributed by atoms with Gasteiger partial charge >= 0.3 is 0 Å². The highest BCUT2D eigenvalue weighted by molar-refractivity contribution is 5.82. The SMILES string of the molecule is C/C=C1/C[N+]2(C)CC[C@@]34c5ccccc5NC32[C@H](O)C[C@@H]1[C@]4(CO)C(=O)[O-]. The number of fused-ring (bicyclic) bond motifs is 3. The largest absolute Gasteiger partial charge is 0.549 e. The van der Waals surface area contributed by atoms with Crippen LogP contribution in [0, 0.1) is 11.3 Å². The predicted octanol–water partition coefficient (Wildman–Crippen LogP) is -0.0342. The first-order chi connectivity index (χ1) is 12.8. The van der Waals surface area contributed by atoms with Gasteiger partial charge in [-0.05, 0) is 30.5 Å². The third-order valence-corrected chi connectivity index (χ3v) is 8.46. The van der Waals surface area contributed by atoms with Crippen LogP contribution in [0.3, 0.4) is 0 Å². The van der Waals surface area contributed by atoms with Crippen molar-refractivity contribution in [3.63, 3.8) is 0 Å². The van der Waals surface area contributed by atoms with Crippen molar-refractivity contribution in [2.75, 3.05) is 32.1 Å². The zero-order valence-corrected chi connectivity index (χ0v) is 15.7. The molecule has 4 aliphatic heterocycles. The quantitative estimate of drug-likeness (QED) is 0.502. The first-order valence-electron chi connectivity index (χ1n) is 9.72. The van der Waals surface area contributed by atoms with E-state index in [4.69, 9.17) is 0 Å². The Morgan fingerprint density at radius 2 is 2.19 bits per heavy atom. The van der Waals surface area contributed by atoms with E-state index in [2.05, 4.69) is 12.4 Å². The number of nitrogens with one attached hydrogen (secondary N) is 1. The molecule has 1 aliphatic carbocycles. The smallest absolute Gasteiger partial charge is 0.210 e. The minimum Gasteiger partial charge on any atom is -0.549 e. The molecule has 1 spiro atoms. The van der Waals surface area contributed by atoms with Crippen molar-refractivity contribution in [2.45, 2.75) is 36.9 Å². The molecule has 0 amide bonds. The number of carbonyl (C=O) groups excluding carboxylic acids is 1. The summed E-state index contributed by atoms with van der Waals surface area (Å²) >= 11 is 0. The van der Waals surface area contributed by atoms with Gasteiger partial charge in [-0.15, -0.1) is 0 Å². The number of anilines is 1. The van der Waals surface area contributed by atoms with Crippen LogP contribution in [0.5, 0.6) is 0 Å². The lowest BCUT2D eigenvalue weighted by Gasteiger charge is -2.60. The van der Waals surface area contributed by atoms with Crippen molar-refractivity contribution in [2.24, 2.45) is 11.3 Å². The summed E-state index contributed by atoms with van der Waals surface area (Å²) in [4.78, 5) is 12.8. The highest BCUT2D eigenvalue weighted by Crippen LogP contribution is 2.73. The van der Waals surface area contributed by atoms with E-state index in [-0.39, 0.29) is 0 Å². The average molecular weight is 370 g/mol. The van der Waals surface area contributed by atoms with Crippen molar-refractivity contribution in [1.82, 2.24) is 0 Å². The standard InChI is InChI=1S/C21H26N2O4/c1-3-13-11-23(2)9-8-20-14-6-4-5-7-16(14)22-21(20,23)17(25)10-15(13)19(20,12-24)18(26)27/h3-7,15,17,22,24-25H,8-12H2,1-2H3/b13-3-/t15-,17+,19+,20-,21?,23?/m0/s1. The fourth-order valence-corrected chi connectivity index (χ4v) is 7.52. The van der Waals surface area contributed by atoms with Crippen LogP contribution < -0.4 is 10.4 Å². The number of quaternary nitrogens is 1. The molecular weight excluding hydrogens is 344 g/mol. The molecule has 6 atom stereocenters. The summed E-state index contributed by atoms with van der Waals surface area (Å²) in [6.07, 6.45) is 2.16. The molecule has 27 heavy (non-hydrogen) atoms. The Bertz CT molecular complexity index is 885. The van der Waals surface area contributed by atoms with Gasteiger partial charge in [-0.2, -0.15) is 0 Å². The predicted molar refractivity (Wildman–Crippen MR) is 97.4 cm³/mol. The summed E-state index contributed by atoms with van der Waals surface area (Å²) < 4.78 is 0.522. The van der Waals surface area contributed by atoms with Gasteiger partial charge in [0.1, 0.15) is 12.6 Å². The summed E-state index contributed by atoms with van der Waals surface area (Å²) in [5, 5.41) is 38.6. The Kier molecular flexibility index (Phi) is 3.14. The third kappa shape index (κ3) is 1.45. The summed E-state index contributed by atoms with van der Waals surface area (Å²) in [5.41, 5.74) is -0.526. The highest BCUT2D eigenvalue weighted by Gasteiger charge is 2.86. The first kappa shape index (κ1) is 17.2. The van der Waals surface area contributed by atoms with E-state index in [1.165, 1.54) is 0 Å². The molecule has 3 saturated heterocycles. The summed E-state index contributed by atoms with van der Waals surface area (Å²) in [7, 11) is 2.11. The number of likely N-dealkylation sites (N-methyl/N-ethyl adjacent to an activating group) is 1. The maximum atomic E-state index is 12.8. The van der Waals surface area contributed by atoms with Gasteiger partial charge in [0.2, 0.25) is 5.66 Å². The van der Waals surface area contributed by atoms with Crippen LogP contribution in [0.2, 0.25) is 0 Å². The number of aliphatic hydroxyl groups is 2. The van der Waals surface area contributed by atoms with Crippen LogP contribution in [0.1, 0.15) is 25.3 Å². The number of para-hydroxylation sites is 1. The molecule has 3 N–H and O–H groups in total. The van der Waals surface area contributed by atoms with E-state index in [1.54, 1.807) is 0 Å². The molecular formula is C21H26N2O4. The number of carboxylic acid groups (broad SMARTS) is 1. The van der Waals surface area contributed by atoms with E-state index in [0.717, 1.165) is 23.4 Å². The molecule has 6 rings (SSSR count). The second-order valence-corrected chi connectivity index (χ2v) is 8.95. The zero-order chi connectivity index (χ0) is 19.2. The van der Waals surface area contributed by atoms with Crippen molar-refractivity contribution in [1.29, 1.82) is 0 Å². The monoisotopic (exact) mass is 370 g/mol. The highest BCUT2D eigenvalue weighted by atomic mass is 16.4. The summed E-state index contributed by atoms with van der Waals surface area (Å²) in [5.74, 6) is -1.66. The molecule has 6 nitrogen and oxygen atoms in total. The number of aliphatic carboxylic acids is 1. The Hall–Kier alpha value is -1.89.